The Labute approximate surface area is 174 Å². The van der Waals surface area contributed by atoms with Crippen molar-refractivity contribution in [1.29, 1.82) is 0 Å². The second-order valence-corrected chi connectivity index (χ2v) is 8.20. The molecule has 6 atom stereocenters. The zero-order chi connectivity index (χ0) is 20.4. The number of nitrogens with zero attached hydrogens (tertiary/aromatic N) is 1. The topological polar surface area (TPSA) is 65.1 Å². The van der Waals surface area contributed by atoms with Gasteiger partial charge in [0.1, 0.15) is 5.75 Å². The van der Waals surface area contributed by atoms with Crippen LogP contribution in [0, 0.1) is 11.8 Å². The summed E-state index contributed by atoms with van der Waals surface area (Å²) in [7, 11) is 1.60. The van der Waals surface area contributed by atoms with Gasteiger partial charge in [-0.2, -0.15) is 0 Å². The number of ketones is 2. The molecule has 2 unspecified atom stereocenters. The number of methoxy groups -OCH3 is 1. The van der Waals surface area contributed by atoms with Crippen LogP contribution in [0.3, 0.4) is 0 Å². The molecule has 4 aliphatic rings. The molecule has 0 aromatic heterocycles. The van der Waals surface area contributed by atoms with Gasteiger partial charge in [0.2, 0.25) is 6.29 Å². The molecule has 3 fully saturated rings. The van der Waals surface area contributed by atoms with Crippen LogP contribution in [-0.2, 0) is 14.3 Å². The van der Waals surface area contributed by atoms with Crippen molar-refractivity contribution in [2.24, 2.45) is 11.8 Å². The molecule has 4 heterocycles. The maximum atomic E-state index is 13.8. The third-order valence-corrected chi connectivity index (χ3v) is 6.80. The lowest BCUT2D eigenvalue weighted by Crippen LogP contribution is -2.48. The third kappa shape index (κ3) is 2.38. The van der Waals surface area contributed by atoms with Crippen molar-refractivity contribution in [3.05, 3.63) is 65.7 Å². The Bertz CT molecular complexity index is 1060. The fourth-order valence-corrected chi connectivity index (χ4v) is 5.50. The summed E-state index contributed by atoms with van der Waals surface area (Å²) in [6.07, 6.45) is 3.04. The first-order valence-corrected chi connectivity index (χ1v) is 10.2. The van der Waals surface area contributed by atoms with Gasteiger partial charge in [-0.25, -0.2) is 0 Å². The smallest absolute Gasteiger partial charge is 0.218 e. The molecule has 30 heavy (non-hydrogen) atoms. The van der Waals surface area contributed by atoms with Crippen LogP contribution in [0.1, 0.15) is 15.9 Å². The van der Waals surface area contributed by atoms with Gasteiger partial charge in [-0.1, -0.05) is 30.4 Å². The number of Topliss-reactive ketones (excluding diaryl/α,β-unsaturated/α-hetero) is 2. The predicted molar refractivity (Wildman–Crippen MR) is 109 cm³/mol. The van der Waals surface area contributed by atoms with Crippen LogP contribution in [0.4, 0.5) is 5.69 Å². The summed E-state index contributed by atoms with van der Waals surface area (Å²) in [4.78, 5) is 29.2. The van der Waals surface area contributed by atoms with Crippen LogP contribution >= 0.6 is 0 Å². The molecule has 0 radical (unpaired) electrons. The monoisotopic (exact) mass is 403 g/mol. The quantitative estimate of drug-likeness (QED) is 0.735. The Morgan fingerprint density at radius 1 is 1.13 bits per heavy atom. The van der Waals surface area contributed by atoms with Crippen LogP contribution in [0.2, 0.25) is 0 Å². The molecule has 0 saturated carbocycles. The van der Waals surface area contributed by atoms with Crippen molar-refractivity contribution >= 4 is 23.3 Å². The summed E-state index contributed by atoms with van der Waals surface area (Å²) in [6, 6.07) is 14.5. The van der Waals surface area contributed by atoms with E-state index in [4.69, 9.17) is 14.2 Å². The van der Waals surface area contributed by atoms with Gasteiger partial charge in [0.25, 0.3) is 0 Å². The third-order valence-electron chi connectivity index (χ3n) is 6.80. The number of fused-ring (bicyclic) bond motifs is 8. The first-order chi connectivity index (χ1) is 14.7. The number of para-hydroxylation sites is 1. The van der Waals surface area contributed by atoms with E-state index in [0.29, 0.717) is 17.9 Å². The summed E-state index contributed by atoms with van der Waals surface area (Å²) in [5.41, 5.74) is 2.63. The minimum Gasteiger partial charge on any atom is -0.497 e. The molecule has 3 saturated heterocycles. The highest BCUT2D eigenvalue weighted by molar-refractivity contribution is 6.05. The number of ether oxygens (including phenoxy) is 3. The van der Waals surface area contributed by atoms with Gasteiger partial charge in [0.05, 0.1) is 37.8 Å². The summed E-state index contributed by atoms with van der Waals surface area (Å²) in [5.74, 6) is 0.0442. The van der Waals surface area contributed by atoms with E-state index in [1.54, 1.807) is 31.4 Å². The van der Waals surface area contributed by atoms with Crippen LogP contribution in [0.25, 0.3) is 6.08 Å². The minimum absolute atomic E-state index is 0.0120. The number of carbonyl (C=O) groups is 2. The van der Waals surface area contributed by atoms with Gasteiger partial charge in [-0.05, 0) is 35.9 Å². The van der Waals surface area contributed by atoms with Gasteiger partial charge in [-0.3, -0.25) is 9.59 Å². The molecule has 2 aromatic rings. The summed E-state index contributed by atoms with van der Waals surface area (Å²) < 4.78 is 16.7. The summed E-state index contributed by atoms with van der Waals surface area (Å²) >= 11 is 0. The Morgan fingerprint density at radius 3 is 2.73 bits per heavy atom. The average molecular weight is 403 g/mol. The molecular weight excluding hydrogens is 382 g/mol. The van der Waals surface area contributed by atoms with E-state index >= 15 is 0 Å². The van der Waals surface area contributed by atoms with Gasteiger partial charge >= 0.3 is 0 Å². The molecule has 0 spiro atoms. The highest BCUT2D eigenvalue weighted by Gasteiger charge is 2.63. The molecule has 0 aliphatic carbocycles. The second-order valence-electron chi connectivity index (χ2n) is 8.20. The Kier molecular flexibility index (Phi) is 3.88. The lowest BCUT2D eigenvalue weighted by molar-refractivity contribution is -0.163. The molecule has 0 N–H and O–H groups in total. The van der Waals surface area contributed by atoms with E-state index in [1.807, 2.05) is 24.3 Å². The van der Waals surface area contributed by atoms with Crippen molar-refractivity contribution in [2.45, 2.75) is 24.5 Å². The van der Waals surface area contributed by atoms with Gasteiger partial charge < -0.3 is 19.1 Å². The van der Waals surface area contributed by atoms with E-state index in [2.05, 4.69) is 17.1 Å². The number of hydrogen-bond acceptors (Lipinski definition) is 6. The van der Waals surface area contributed by atoms with E-state index in [1.165, 1.54) is 0 Å². The number of carbonyl (C=O) groups excluding carboxylic acids is 2. The van der Waals surface area contributed by atoms with Crippen LogP contribution < -0.4 is 9.64 Å². The van der Waals surface area contributed by atoms with Gasteiger partial charge in [0, 0.05) is 17.2 Å². The summed E-state index contributed by atoms with van der Waals surface area (Å²) in [5, 5.41) is 0. The lowest BCUT2D eigenvalue weighted by atomic mass is 9.77. The van der Waals surface area contributed by atoms with Crippen molar-refractivity contribution in [3.63, 3.8) is 0 Å². The first kappa shape index (κ1) is 17.9. The molecule has 4 aliphatic heterocycles. The molecule has 6 heteroatoms. The SMILES string of the molecule is COc1ccc(C(=O)[C@@H]2[C@H]3C4COC(O4)C(=O)[C@@H]3[C@H]3C=Cc4ccccc4N32)cc1. The number of anilines is 1. The molecule has 2 bridgehead atoms. The molecule has 6 nitrogen and oxygen atoms in total. The van der Waals surface area contributed by atoms with Crippen molar-refractivity contribution in [3.8, 4) is 5.75 Å². The number of hydrogen-bond donors (Lipinski definition) is 0. The van der Waals surface area contributed by atoms with Gasteiger partial charge in [-0.15, -0.1) is 0 Å². The van der Waals surface area contributed by atoms with Gasteiger partial charge in [0.15, 0.2) is 11.6 Å². The minimum atomic E-state index is -0.807. The maximum Gasteiger partial charge on any atom is 0.218 e. The first-order valence-electron chi connectivity index (χ1n) is 10.2. The fourth-order valence-electron chi connectivity index (χ4n) is 5.50. The maximum absolute atomic E-state index is 13.8. The summed E-state index contributed by atoms with van der Waals surface area (Å²) in [6.45, 7) is 0.343. The van der Waals surface area contributed by atoms with Crippen molar-refractivity contribution < 1.29 is 23.8 Å². The lowest BCUT2D eigenvalue weighted by Gasteiger charge is -2.35. The van der Waals surface area contributed by atoms with Crippen molar-refractivity contribution in [2.75, 3.05) is 18.6 Å². The van der Waals surface area contributed by atoms with E-state index in [-0.39, 0.29) is 35.5 Å². The highest BCUT2D eigenvalue weighted by Crippen LogP contribution is 2.51. The predicted octanol–water partition coefficient (Wildman–Crippen LogP) is 2.72. The largest absolute Gasteiger partial charge is 0.497 e. The van der Waals surface area contributed by atoms with Crippen LogP contribution in [0.5, 0.6) is 5.75 Å². The molecule has 2 aromatic carbocycles. The van der Waals surface area contributed by atoms with Crippen LogP contribution in [0.15, 0.2) is 54.6 Å². The van der Waals surface area contributed by atoms with E-state index < -0.39 is 12.3 Å². The zero-order valence-corrected chi connectivity index (χ0v) is 16.4. The Morgan fingerprint density at radius 2 is 1.93 bits per heavy atom. The highest BCUT2D eigenvalue weighted by atomic mass is 16.7. The molecule has 6 rings (SSSR count). The fraction of sp³-hybridized carbons (Fsp3) is 0.333. The number of benzene rings is 2. The van der Waals surface area contributed by atoms with Crippen LogP contribution in [-0.4, -0.2) is 49.8 Å². The second kappa shape index (κ2) is 6.52. The average Bonchev–Trinajstić information content (AvgIpc) is 3.38. The van der Waals surface area contributed by atoms with E-state index in [0.717, 1.165) is 11.3 Å². The van der Waals surface area contributed by atoms with Crippen molar-refractivity contribution in [1.82, 2.24) is 0 Å². The Balaban J connectivity index is 1.49. The van der Waals surface area contributed by atoms with E-state index in [9.17, 15) is 9.59 Å². The zero-order valence-electron chi connectivity index (χ0n) is 16.4. The normalized spacial score (nSPS) is 33.1. The standard InChI is InChI=1S/C24H21NO5/c1-28-15-9-6-14(7-10-15)22(26)21-20-18-12-29-24(30-18)23(27)19(20)17-11-8-13-4-2-3-5-16(13)25(17)21/h2-11,17-21,24H,12H2,1H3/t17-,18?,19-,20+,21+,24?/m1/s1. The molecule has 0 amide bonds. The molecule has 152 valence electrons. The Hall–Kier alpha value is -2.96. The number of rotatable bonds is 3. The molecular formula is C24H21NO5.